The van der Waals surface area contributed by atoms with Crippen molar-refractivity contribution in [2.24, 2.45) is 0 Å². The smallest absolute Gasteiger partial charge is 0.326 e. The Morgan fingerprint density at radius 3 is 2.19 bits per heavy atom. The Labute approximate surface area is 180 Å². The number of hydrogen-bond donors (Lipinski definition) is 5. The molecule has 8 heteroatoms. The summed E-state index contributed by atoms with van der Waals surface area (Å²) in [5.41, 5.74) is 1.51. The summed E-state index contributed by atoms with van der Waals surface area (Å²) in [6, 6.07) is 12.9. The highest BCUT2D eigenvalue weighted by Crippen LogP contribution is 2.13. The molecule has 1 fully saturated rings. The van der Waals surface area contributed by atoms with Crippen molar-refractivity contribution in [1.29, 1.82) is 0 Å². The third-order valence-electron chi connectivity index (χ3n) is 5.28. The molecule has 1 heterocycles. The molecule has 0 radical (unpaired) electrons. The van der Waals surface area contributed by atoms with Gasteiger partial charge in [-0.1, -0.05) is 42.5 Å². The minimum atomic E-state index is -1.15. The predicted octanol–water partition coefficient (Wildman–Crippen LogP) is 0.984. The molecule has 31 heavy (non-hydrogen) atoms. The van der Waals surface area contributed by atoms with Crippen molar-refractivity contribution in [2.75, 3.05) is 6.54 Å². The summed E-state index contributed by atoms with van der Waals surface area (Å²) < 4.78 is 0. The molecule has 2 amide bonds. The van der Waals surface area contributed by atoms with Crippen LogP contribution in [0.4, 0.5) is 0 Å². The molecule has 0 bridgehead atoms. The SMILES string of the molecule is O=C(O)C(Cc1ccccc1)NC(=O)C(Cc1ccc(O)cc1)NC(=O)C1CCCN1. The van der Waals surface area contributed by atoms with E-state index in [1.54, 1.807) is 36.4 Å². The second kappa shape index (κ2) is 10.6. The van der Waals surface area contributed by atoms with Crippen molar-refractivity contribution in [2.45, 2.75) is 43.8 Å². The first-order chi connectivity index (χ1) is 14.9. The van der Waals surface area contributed by atoms with Gasteiger partial charge in [0.2, 0.25) is 11.8 Å². The number of carbonyl (C=O) groups is 3. The van der Waals surface area contributed by atoms with E-state index in [0.29, 0.717) is 6.42 Å². The lowest BCUT2D eigenvalue weighted by atomic mass is 10.0. The lowest BCUT2D eigenvalue weighted by molar-refractivity contribution is -0.142. The van der Waals surface area contributed by atoms with E-state index in [9.17, 15) is 24.6 Å². The lowest BCUT2D eigenvalue weighted by Gasteiger charge is -2.23. The Bertz CT molecular complexity index is 895. The van der Waals surface area contributed by atoms with Crippen LogP contribution < -0.4 is 16.0 Å². The zero-order chi connectivity index (χ0) is 22.2. The number of aliphatic carboxylic acids is 1. The summed E-state index contributed by atoms with van der Waals surface area (Å²) in [5, 5.41) is 27.5. The molecular weight excluding hydrogens is 398 g/mol. The van der Waals surface area contributed by atoms with Gasteiger partial charge in [0.05, 0.1) is 6.04 Å². The van der Waals surface area contributed by atoms with E-state index in [4.69, 9.17) is 0 Å². The van der Waals surface area contributed by atoms with Crippen LogP contribution in [0.2, 0.25) is 0 Å². The summed E-state index contributed by atoms with van der Waals surface area (Å²) >= 11 is 0. The van der Waals surface area contributed by atoms with E-state index >= 15 is 0 Å². The summed E-state index contributed by atoms with van der Waals surface area (Å²) in [7, 11) is 0. The van der Waals surface area contributed by atoms with Crippen LogP contribution in [-0.4, -0.2) is 52.7 Å². The molecular formula is C23H27N3O5. The average Bonchev–Trinajstić information content (AvgIpc) is 3.30. The fourth-order valence-electron chi connectivity index (χ4n) is 3.58. The molecule has 5 N–H and O–H groups in total. The highest BCUT2D eigenvalue weighted by Gasteiger charge is 2.30. The molecule has 3 unspecified atom stereocenters. The molecule has 0 saturated carbocycles. The highest BCUT2D eigenvalue weighted by atomic mass is 16.4. The number of amides is 2. The first kappa shape index (κ1) is 22.3. The Balaban J connectivity index is 1.73. The van der Waals surface area contributed by atoms with E-state index in [0.717, 1.165) is 24.1 Å². The van der Waals surface area contributed by atoms with Gasteiger partial charge in [0.1, 0.15) is 17.8 Å². The number of aromatic hydroxyl groups is 1. The van der Waals surface area contributed by atoms with Gasteiger partial charge in [-0.2, -0.15) is 0 Å². The van der Waals surface area contributed by atoms with Gasteiger partial charge >= 0.3 is 5.97 Å². The number of carboxylic acid groups (broad SMARTS) is 1. The molecule has 1 aliphatic heterocycles. The van der Waals surface area contributed by atoms with E-state index in [1.807, 2.05) is 6.07 Å². The molecule has 0 aromatic heterocycles. The summed E-state index contributed by atoms with van der Waals surface area (Å²) in [5.74, 6) is -1.91. The number of benzene rings is 2. The van der Waals surface area contributed by atoms with Crippen molar-refractivity contribution in [3.63, 3.8) is 0 Å². The quantitative estimate of drug-likeness (QED) is 0.408. The highest BCUT2D eigenvalue weighted by molar-refractivity contribution is 5.92. The molecule has 164 valence electrons. The standard InChI is InChI=1S/C23H27N3O5/c27-17-10-8-16(9-11-17)13-19(25-21(28)18-7-4-12-24-18)22(29)26-20(23(30)31)14-15-5-2-1-3-6-15/h1-3,5-6,8-11,18-20,24,27H,4,7,12-14H2,(H,25,28)(H,26,29)(H,30,31). The van der Waals surface area contributed by atoms with Crippen LogP contribution in [0.25, 0.3) is 0 Å². The van der Waals surface area contributed by atoms with E-state index in [1.165, 1.54) is 12.1 Å². The van der Waals surface area contributed by atoms with Gasteiger partial charge in [-0.3, -0.25) is 9.59 Å². The van der Waals surface area contributed by atoms with Gasteiger partial charge in [0, 0.05) is 12.8 Å². The van der Waals surface area contributed by atoms with Gasteiger partial charge in [0.25, 0.3) is 0 Å². The Kier molecular flexibility index (Phi) is 7.61. The maximum absolute atomic E-state index is 13.0. The van der Waals surface area contributed by atoms with Crippen molar-refractivity contribution in [3.8, 4) is 5.75 Å². The summed E-state index contributed by atoms with van der Waals surface area (Å²) in [6.07, 6.45) is 1.87. The second-order valence-electron chi connectivity index (χ2n) is 7.67. The Hall–Kier alpha value is -3.39. The van der Waals surface area contributed by atoms with E-state index < -0.39 is 24.0 Å². The minimum Gasteiger partial charge on any atom is -0.508 e. The van der Waals surface area contributed by atoms with Gasteiger partial charge in [-0.05, 0) is 42.6 Å². The number of carboxylic acids is 1. The maximum atomic E-state index is 13.0. The van der Waals surface area contributed by atoms with Gasteiger partial charge < -0.3 is 26.2 Å². The first-order valence-electron chi connectivity index (χ1n) is 10.3. The molecule has 2 aromatic carbocycles. The molecule has 1 aliphatic rings. The zero-order valence-corrected chi connectivity index (χ0v) is 17.1. The van der Waals surface area contributed by atoms with Crippen LogP contribution in [0.3, 0.4) is 0 Å². The van der Waals surface area contributed by atoms with Crippen molar-refractivity contribution >= 4 is 17.8 Å². The van der Waals surface area contributed by atoms with Crippen LogP contribution in [0.5, 0.6) is 5.75 Å². The number of nitrogens with one attached hydrogen (secondary N) is 3. The Morgan fingerprint density at radius 1 is 0.935 bits per heavy atom. The Morgan fingerprint density at radius 2 is 1.58 bits per heavy atom. The maximum Gasteiger partial charge on any atom is 0.326 e. The predicted molar refractivity (Wildman–Crippen MR) is 114 cm³/mol. The molecule has 8 nitrogen and oxygen atoms in total. The normalized spacial score (nSPS) is 17.5. The third-order valence-corrected chi connectivity index (χ3v) is 5.28. The van der Waals surface area contributed by atoms with Crippen molar-refractivity contribution in [3.05, 3.63) is 65.7 Å². The number of phenols is 1. The first-order valence-corrected chi connectivity index (χ1v) is 10.3. The van der Waals surface area contributed by atoms with Gasteiger partial charge in [0.15, 0.2) is 0 Å². The van der Waals surface area contributed by atoms with Crippen LogP contribution in [-0.2, 0) is 27.2 Å². The zero-order valence-electron chi connectivity index (χ0n) is 17.1. The largest absolute Gasteiger partial charge is 0.508 e. The fourth-order valence-corrected chi connectivity index (χ4v) is 3.58. The average molecular weight is 425 g/mol. The number of phenolic OH excluding ortho intramolecular Hbond substituents is 1. The van der Waals surface area contributed by atoms with Crippen LogP contribution >= 0.6 is 0 Å². The number of carbonyl (C=O) groups excluding carboxylic acids is 2. The molecule has 1 saturated heterocycles. The van der Waals surface area contributed by atoms with E-state index in [2.05, 4.69) is 16.0 Å². The molecule has 3 rings (SSSR count). The molecule has 3 atom stereocenters. The number of hydrogen-bond acceptors (Lipinski definition) is 5. The van der Waals surface area contributed by atoms with Crippen LogP contribution in [0.1, 0.15) is 24.0 Å². The van der Waals surface area contributed by atoms with E-state index in [-0.39, 0.29) is 30.5 Å². The van der Waals surface area contributed by atoms with Crippen molar-refractivity contribution < 1.29 is 24.6 Å². The van der Waals surface area contributed by atoms with Crippen LogP contribution in [0, 0.1) is 0 Å². The van der Waals surface area contributed by atoms with Gasteiger partial charge in [-0.25, -0.2) is 4.79 Å². The fraction of sp³-hybridized carbons (Fsp3) is 0.348. The topological polar surface area (TPSA) is 128 Å². The summed E-state index contributed by atoms with van der Waals surface area (Å²) in [4.78, 5) is 37.4. The van der Waals surface area contributed by atoms with Crippen LogP contribution in [0.15, 0.2) is 54.6 Å². The summed E-state index contributed by atoms with van der Waals surface area (Å²) in [6.45, 7) is 0.741. The molecule has 2 aromatic rings. The van der Waals surface area contributed by atoms with Crippen molar-refractivity contribution in [1.82, 2.24) is 16.0 Å². The minimum absolute atomic E-state index is 0.0951. The third kappa shape index (κ3) is 6.55. The lowest BCUT2D eigenvalue weighted by Crippen LogP contribution is -2.55. The van der Waals surface area contributed by atoms with Gasteiger partial charge in [-0.15, -0.1) is 0 Å². The monoisotopic (exact) mass is 425 g/mol. The second-order valence-corrected chi connectivity index (χ2v) is 7.67. The molecule has 0 spiro atoms. The number of rotatable bonds is 9. The molecule has 0 aliphatic carbocycles.